The summed E-state index contributed by atoms with van der Waals surface area (Å²) in [6, 6.07) is 13.6. The summed E-state index contributed by atoms with van der Waals surface area (Å²) in [5.41, 5.74) is 6.82. The van der Waals surface area contributed by atoms with E-state index >= 15 is 0 Å². The van der Waals surface area contributed by atoms with Crippen LogP contribution in [0.1, 0.15) is 30.9 Å². The molecule has 0 saturated carbocycles. The first kappa shape index (κ1) is 29.3. The first-order chi connectivity index (χ1) is 20.6. The predicted molar refractivity (Wildman–Crippen MR) is 177 cm³/mol. The second kappa shape index (κ2) is 13.3. The van der Waals surface area contributed by atoms with Crippen LogP contribution in [0.5, 0.6) is 0 Å². The summed E-state index contributed by atoms with van der Waals surface area (Å²) >= 11 is 1.86. The van der Waals surface area contributed by atoms with Gasteiger partial charge in [0.05, 0.1) is 29.7 Å². The molecule has 224 valence electrons. The van der Waals surface area contributed by atoms with Gasteiger partial charge in [0, 0.05) is 69.5 Å². The minimum atomic E-state index is 0.159. The van der Waals surface area contributed by atoms with E-state index in [2.05, 4.69) is 79.1 Å². The van der Waals surface area contributed by atoms with E-state index < -0.39 is 0 Å². The van der Waals surface area contributed by atoms with Crippen molar-refractivity contribution in [2.45, 2.75) is 43.5 Å². The lowest BCUT2D eigenvalue weighted by atomic mass is 10.0. The van der Waals surface area contributed by atoms with Gasteiger partial charge >= 0.3 is 0 Å². The fourth-order valence-electron chi connectivity index (χ4n) is 6.40. The summed E-state index contributed by atoms with van der Waals surface area (Å²) in [6.07, 6.45) is 7.94. The Bertz CT molecular complexity index is 1380. The monoisotopic (exact) mass is 608 g/mol. The van der Waals surface area contributed by atoms with Crippen molar-refractivity contribution in [3.63, 3.8) is 0 Å². The average molecular weight is 609 g/mol. The highest BCUT2D eigenvalue weighted by atomic mass is 32.2. The zero-order chi connectivity index (χ0) is 29.1. The van der Waals surface area contributed by atoms with Crippen molar-refractivity contribution in [3.8, 4) is 0 Å². The Labute approximate surface area is 257 Å². The zero-order valence-electron chi connectivity index (χ0n) is 24.8. The van der Waals surface area contributed by atoms with Gasteiger partial charge in [0.1, 0.15) is 4.90 Å². The second-order valence-corrected chi connectivity index (χ2v) is 12.7. The molecule has 0 unspecified atom stereocenters. The highest BCUT2D eigenvalue weighted by molar-refractivity contribution is 8.00. The molecule has 0 spiro atoms. The van der Waals surface area contributed by atoms with Gasteiger partial charge in [-0.2, -0.15) is 8.87 Å². The molecule has 8 nitrogen and oxygen atoms in total. The van der Waals surface area contributed by atoms with E-state index in [1.165, 1.54) is 55.8 Å². The third-order valence-electron chi connectivity index (χ3n) is 8.87. The van der Waals surface area contributed by atoms with E-state index in [1.807, 2.05) is 12.1 Å². The zero-order valence-corrected chi connectivity index (χ0v) is 26.4. The number of nitrogens with one attached hydrogen (secondary N) is 2. The molecule has 1 aromatic heterocycles. The van der Waals surface area contributed by atoms with Crippen molar-refractivity contribution in [2.75, 3.05) is 79.0 Å². The van der Waals surface area contributed by atoms with Gasteiger partial charge in [-0.15, -0.1) is 0 Å². The van der Waals surface area contributed by atoms with E-state index in [-0.39, 0.29) is 12.1 Å². The van der Waals surface area contributed by atoms with Crippen molar-refractivity contribution in [1.29, 1.82) is 0 Å². The summed E-state index contributed by atoms with van der Waals surface area (Å²) < 4.78 is 16.2. The number of anilines is 6. The van der Waals surface area contributed by atoms with Crippen molar-refractivity contribution in [1.82, 2.24) is 19.8 Å². The Kier molecular flexibility index (Phi) is 9.28. The molecule has 2 fully saturated rings. The molecule has 3 aliphatic rings. The van der Waals surface area contributed by atoms with Crippen LogP contribution in [-0.2, 0) is 12.8 Å². The van der Waals surface area contributed by atoms with Crippen LogP contribution in [0.2, 0.25) is 0 Å². The van der Waals surface area contributed by atoms with Gasteiger partial charge in [0.25, 0.3) is 0 Å². The van der Waals surface area contributed by atoms with Gasteiger partial charge in [0.2, 0.25) is 5.95 Å². The molecule has 4 heterocycles. The molecule has 3 aliphatic heterocycles. The summed E-state index contributed by atoms with van der Waals surface area (Å²) in [5.74, 6) is 0.902. The molecule has 0 bridgehead atoms. The molecule has 0 atom stereocenters. The van der Waals surface area contributed by atoms with E-state index in [0.717, 1.165) is 49.5 Å². The van der Waals surface area contributed by atoms with Crippen molar-refractivity contribution >= 4 is 58.6 Å². The summed E-state index contributed by atoms with van der Waals surface area (Å²) in [7, 11) is 2.22. The Hall–Kier alpha value is -2.73. The first-order valence-electron chi connectivity index (χ1n) is 15.0. The van der Waals surface area contributed by atoms with Crippen molar-refractivity contribution in [3.05, 3.63) is 53.7 Å². The molecular formula is C31H41FN8S2. The van der Waals surface area contributed by atoms with Gasteiger partial charge in [-0.3, -0.25) is 4.90 Å². The standard InChI is InChI=1S/C31H41FN8S2/c1-4-22-20-25(38-13-11-24(12-14-38)39-18-16-37(2)17-19-39)8-9-26(22)35-31-33-21-28(42-32)30(36-31)34-27-7-5-6-23-10-15-40(41-3)29(23)27/h5-9,20-21,24H,4,10-19H2,1-3H3,(H2,33,34,35,36). The smallest absolute Gasteiger partial charge is 0.229 e. The molecule has 3 aromatic rings. The quantitative estimate of drug-likeness (QED) is 0.268. The van der Waals surface area contributed by atoms with Gasteiger partial charge in [-0.25, -0.2) is 4.98 Å². The average Bonchev–Trinajstić information content (AvgIpc) is 3.46. The number of piperidine rings is 1. The number of nitrogens with zero attached hydrogens (tertiary/aromatic N) is 6. The Morgan fingerprint density at radius 2 is 1.79 bits per heavy atom. The lowest BCUT2D eigenvalue weighted by Gasteiger charge is -2.42. The van der Waals surface area contributed by atoms with Gasteiger partial charge in [-0.1, -0.05) is 31.0 Å². The van der Waals surface area contributed by atoms with E-state index in [4.69, 9.17) is 4.98 Å². The SMILES string of the molecule is CCc1cc(N2CCC(N3CCN(C)CC3)CC2)ccc1Nc1ncc(SF)c(Nc2cccc3c2N(SC)CC3)n1. The fraction of sp³-hybridized carbons (Fsp3) is 0.484. The third kappa shape index (κ3) is 6.29. The lowest BCUT2D eigenvalue weighted by molar-refractivity contribution is 0.0982. The highest BCUT2D eigenvalue weighted by Gasteiger charge is 2.27. The Morgan fingerprint density at radius 3 is 2.52 bits per heavy atom. The van der Waals surface area contributed by atoms with E-state index in [9.17, 15) is 3.89 Å². The topological polar surface area (TPSA) is 62.8 Å². The van der Waals surface area contributed by atoms with E-state index in [0.29, 0.717) is 22.7 Å². The van der Waals surface area contributed by atoms with Crippen LogP contribution in [-0.4, -0.2) is 84.9 Å². The minimum absolute atomic E-state index is 0.159. The van der Waals surface area contributed by atoms with Gasteiger partial charge < -0.3 is 24.7 Å². The van der Waals surface area contributed by atoms with Crippen LogP contribution in [0, 0.1) is 0 Å². The van der Waals surface area contributed by atoms with E-state index in [1.54, 1.807) is 18.1 Å². The number of rotatable bonds is 9. The number of fused-ring (bicyclic) bond motifs is 1. The van der Waals surface area contributed by atoms with Crippen molar-refractivity contribution < 1.29 is 3.89 Å². The molecular weight excluding hydrogens is 568 g/mol. The Balaban J connectivity index is 1.15. The molecule has 2 saturated heterocycles. The van der Waals surface area contributed by atoms with Gasteiger partial charge in [-0.05, 0) is 68.1 Å². The van der Waals surface area contributed by atoms with Gasteiger partial charge in [0.15, 0.2) is 5.82 Å². The predicted octanol–water partition coefficient (Wildman–Crippen LogP) is 6.36. The first-order valence-corrected chi connectivity index (χ1v) is 16.9. The maximum absolute atomic E-state index is 13.9. The number of likely N-dealkylation sites (N-methyl/N-ethyl adjacent to an activating group) is 1. The van der Waals surface area contributed by atoms with Crippen LogP contribution in [0.25, 0.3) is 0 Å². The van der Waals surface area contributed by atoms with Crippen LogP contribution in [0.3, 0.4) is 0 Å². The normalized spacial score (nSPS) is 18.4. The van der Waals surface area contributed by atoms with Crippen molar-refractivity contribution in [2.24, 2.45) is 0 Å². The van der Waals surface area contributed by atoms with Crippen LogP contribution in [0.15, 0.2) is 47.5 Å². The van der Waals surface area contributed by atoms with Crippen LogP contribution >= 0.6 is 24.1 Å². The third-order valence-corrected chi connectivity index (χ3v) is 10.1. The summed E-state index contributed by atoms with van der Waals surface area (Å²) in [4.78, 5) is 17.2. The number of piperazine rings is 1. The largest absolute Gasteiger partial charge is 0.371 e. The van der Waals surface area contributed by atoms with Crippen LogP contribution < -0.4 is 19.8 Å². The molecule has 2 aromatic carbocycles. The number of benzene rings is 2. The maximum atomic E-state index is 13.9. The number of aryl methyl sites for hydroxylation is 1. The minimum Gasteiger partial charge on any atom is -0.371 e. The summed E-state index contributed by atoms with van der Waals surface area (Å²) in [6.45, 7) is 10.0. The fourth-order valence-corrected chi connectivity index (χ4v) is 7.33. The Morgan fingerprint density at radius 1 is 0.976 bits per heavy atom. The lowest BCUT2D eigenvalue weighted by Crippen LogP contribution is -2.52. The number of aromatic nitrogens is 2. The highest BCUT2D eigenvalue weighted by Crippen LogP contribution is 2.41. The summed E-state index contributed by atoms with van der Waals surface area (Å²) in [5, 5.41) is 6.82. The number of hydrogen-bond donors (Lipinski definition) is 2. The molecule has 0 radical (unpaired) electrons. The number of hydrogen-bond acceptors (Lipinski definition) is 10. The molecule has 0 aliphatic carbocycles. The second-order valence-electron chi connectivity index (χ2n) is 11.3. The molecule has 2 N–H and O–H groups in total. The molecule has 11 heteroatoms. The van der Waals surface area contributed by atoms with Crippen LogP contribution in [0.4, 0.5) is 38.4 Å². The molecule has 6 rings (SSSR count). The molecule has 42 heavy (non-hydrogen) atoms. The molecule has 0 amide bonds. The maximum Gasteiger partial charge on any atom is 0.229 e. The number of halogens is 1. The number of para-hydroxylation sites is 1.